The Hall–Kier alpha value is -0.120. The normalized spacial score (nSPS) is 37.4. The highest BCUT2D eigenvalue weighted by Crippen LogP contribution is 2.31. The summed E-state index contributed by atoms with van der Waals surface area (Å²) in [5, 5.41) is 3.77. The molecule has 0 radical (unpaired) electrons. The first-order chi connectivity index (χ1) is 9.13. The zero-order valence-electron chi connectivity index (χ0n) is 12.9. The Balaban J connectivity index is 1.52. The van der Waals surface area contributed by atoms with Crippen LogP contribution >= 0.6 is 0 Å². The molecule has 0 amide bonds. The van der Waals surface area contributed by atoms with Crippen molar-refractivity contribution in [2.75, 3.05) is 20.1 Å². The highest BCUT2D eigenvalue weighted by atomic mass is 15.2. The van der Waals surface area contributed by atoms with Crippen LogP contribution in [0, 0.1) is 0 Å². The minimum atomic E-state index is 0.723. The minimum absolute atomic E-state index is 0.723. The molecule has 3 fully saturated rings. The molecule has 2 unspecified atom stereocenters. The molecule has 3 heteroatoms. The number of fused-ring (bicyclic) bond motifs is 2. The predicted molar refractivity (Wildman–Crippen MR) is 80.5 cm³/mol. The van der Waals surface area contributed by atoms with Crippen LogP contribution in [0.2, 0.25) is 0 Å². The van der Waals surface area contributed by atoms with E-state index in [9.17, 15) is 0 Å². The average Bonchev–Trinajstić information content (AvgIpc) is 2.76. The molecule has 110 valence electrons. The molecular weight excluding hydrogens is 234 g/mol. The molecule has 0 aliphatic carbocycles. The Morgan fingerprint density at radius 1 is 0.947 bits per heavy atom. The van der Waals surface area contributed by atoms with E-state index in [1.54, 1.807) is 0 Å². The molecule has 3 rings (SSSR count). The topological polar surface area (TPSA) is 18.5 Å². The van der Waals surface area contributed by atoms with E-state index >= 15 is 0 Å². The second-order valence-corrected chi connectivity index (χ2v) is 7.29. The first-order valence-corrected chi connectivity index (χ1v) is 8.35. The van der Waals surface area contributed by atoms with Gasteiger partial charge < -0.3 is 15.1 Å². The van der Waals surface area contributed by atoms with Gasteiger partial charge in [0.25, 0.3) is 0 Å². The third-order valence-electron chi connectivity index (χ3n) is 5.83. The van der Waals surface area contributed by atoms with Gasteiger partial charge in [-0.1, -0.05) is 0 Å². The van der Waals surface area contributed by atoms with Crippen molar-refractivity contribution in [3.05, 3.63) is 0 Å². The van der Waals surface area contributed by atoms with Gasteiger partial charge in [-0.2, -0.15) is 0 Å². The van der Waals surface area contributed by atoms with Crippen LogP contribution in [0.1, 0.15) is 52.4 Å². The molecule has 1 N–H and O–H groups in total. The Labute approximate surface area is 118 Å². The van der Waals surface area contributed by atoms with Crippen molar-refractivity contribution < 1.29 is 0 Å². The van der Waals surface area contributed by atoms with Crippen molar-refractivity contribution in [3.8, 4) is 0 Å². The van der Waals surface area contributed by atoms with Crippen molar-refractivity contribution in [3.63, 3.8) is 0 Å². The van der Waals surface area contributed by atoms with E-state index in [0.29, 0.717) is 0 Å². The van der Waals surface area contributed by atoms with E-state index < -0.39 is 0 Å². The van der Waals surface area contributed by atoms with Gasteiger partial charge in [0, 0.05) is 30.2 Å². The molecule has 0 aromatic carbocycles. The van der Waals surface area contributed by atoms with Gasteiger partial charge in [-0.3, -0.25) is 0 Å². The van der Waals surface area contributed by atoms with Gasteiger partial charge in [-0.05, 0) is 72.5 Å². The molecule has 3 nitrogen and oxygen atoms in total. The van der Waals surface area contributed by atoms with Crippen LogP contribution in [0.4, 0.5) is 0 Å². The van der Waals surface area contributed by atoms with E-state index in [0.717, 1.165) is 30.2 Å². The van der Waals surface area contributed by atoms with E-state index in [4.69, 9.17) is 0 Å². The van der Waals surface area contributed by atoms with Gasteiger partial charge in [0.1, 0.15) is 0 Å². The van der Waals surface area contributed by atoms with Crippen LogP contribution in [0.5, 0.6) is 0 Å². The van der Waals surface area contributed by atoms with Crippen LogP contribution in [-0.2, 0) is 0 Å². The first-order valence-electron chi connectivity index (χ1n) is 8.35. The molecule has 3 saturated heterocycles. The third-order valence-corrected chi connectivity index (χ3v) is 5.83. The standard InChI is InChI=1S/C16H31N3/c1-12(2)19-8-6-15(7-9-19)18(3)16-10-13-4-5-14(11-16)17-13/h12-17H,4-11H2,1-3H3. The maximum atomic E-state index is 3.77. The van der Waals surface area contributed by atoms with Crippen LogP contribution < -0.4 is 5.32 Å². The Morgan fingerprint density at radius 3 is 2.05 bits per heavy atom. The molecule has 3 heterocycles. The van der Waals surface area contributed by atoms with Crippen molar-refractivity contribution in [2.24, 2.45) is 0 Å². The Bertz CT molecular complexity index is 284. The summed E-state index contributed by atoms with van der Waals surface area (Å²) in [6, 6.07) is 4.04. The Morgan fingerprint density at radius 2 is 1.53 bits per heavy atom. The molecule has 3 aliphatic rings. The molecule has 0 saturated carbocycles. The maximum Gasteiger partial charge on any atom is 0.0125 e. The summed E-state index contributed by atoms with van der Waals surface area (Å²) in [6.07, 6.45) is 8.35. The zero-order chi connectivity index (χ0) is 13.4. The van der Waals surface area contributed by atoms with E-state index in [1.165, 1.54) is 51.6 Å². The molecule has 3 aliphatic heterocycles. The molecular formula is C16H31N3. The second-order valence-electron chi connectivity index (χ2n) is 7.29. The van der Waals surface area contributed by atoms with Crippen LogP contribution in [0.15, 0.2) is 0 Å². The predicted octanol–water partition coefficient (Wildman–Crippen LogP) is 2.07. The monoisotopic (exact) mass is 265 g/mol. The van der Waals surface area contributed by atoms with Crippen LogP contribution in [-0.4, -0.2) is 60.1 Å². The molecule has 19 heavy (non-hydrogen) atoms. The number of hydrogen-bond acceptors (Lipinski definition) is 3. The van der Waals surface area contributed by atoms with E-state index in [1.807, 2.05) is 0 Å². The van der Waals surface area contributed by atoms with Crippen molar-refractivity contribution in [1.29, 1.82) is 0 Å². The summed E-state index contributed by atoms with van der Waals surface area (Å²) in [6.45, 7) is 7.25. The summed E-state index contributed by atoms with van der Waals surface area (Å²) in [7, 11) is 2.39. The lowest BCUT2D eigenvalue weighted by Crippen LogP contribution is -2.53. The molecule has 2 atom stereocenters. The second kappa shape index (κ2) is 5.71. The van der Waals surface area contributed by atoms with Crippen molar-refractivity contribution in [2.45, 2.75) is 82.6 Å². The van der Waals surface area contributed by atoms with Crippen LogP contribution in [0.25, 0.3) is 0 Å². The van der Waals surface area contributed by atoms with Gasteiger partial charge in [0.05, 0.1) is 0 Å². The van der Waals surface area contributed by atoms with E-state index in [-0.39, 0.29) is 0 Å². The first kappa shape index (κ1) is 13.8. The summed E-state index contributed by atoms with van der Waals surface area (Å²) < 4.78 is 0. The number of nitrogens with one attached hydrogen (secondary N) is 1. The minimum Gasteiger partial charge on any atom is -0.311 e. The third kappa shape index (κ3) is 2.98. The maximum absolute atomic E-state index is 3.77. The molecule has 0 aromatic heterocycles. The summed E-state index contributed by atoms with van der Waals surface area (Å²) in [5.41, 5.74) is 0. The average molecular weight is 265 g/mol. The number of rotatable bonds is 3. The fraction of sp³-hybridized carbons (Fsp3) is 1.00. The van der Waals surface area contributed by atoms with Gasteiger partial charge in [0.15, 0.2) is 0 Å². The summed E-state index contributed by atoms with van der Waals surface area (Å²) in [5.74, 6) is 0. The highest BCUT2D eigenvalue weighted by Gasteiger charge is 2.37. The number of hydrogen-bond donors (Lipinski definition) is 1. The smallest absolute Gasteiger partial charge is 0.0125 e. The molecule has 0 spiro atoms. The van der Waals surface area contributed by atoms with Gasteiger partial charge in [-0.25, -0.2) is 0 Å². The molecule has 2 bridgehead atoms. The van der Waals surface area contributed by atoms with Crippen molar-refractivity contribution in [1.82, 2.24) is 15.1 Å². The Kier molecular flexibility index (Phi) is 4.16. The fourth-order valence-electron chi connectivity index (χ4n) is 4.47. The lowest BCUT2D eigenvalue weighted by molar-refractivity contribution is 0.0643. The molecule has 0 aromatic rings. The summed E-state index contributed by atoms with van der Waals surface area (Å²) in [4.78, 5) is 5.38. The fourth-order valence-corrected chi connectivity index (χ4v) is 4.47. The van der Waals surface area contributed by atoms with Gasteiger partial charge in [0.2, 0.25) is 0 Å². The van der Waals surface area contributed by atoms with E-state index in [2.05, 4.69) is 36.0 Å². The van der Waals surface area contributed by atoms with Gasteiger partial charge >= 0.3 is 0 Å². The number of piperidine rings is 2. The van der Waals surface area contributed by atoms with Crippen molar-refractivity contribution >= 4 is 0 Å². The lowest BCUT2D eigenvalue weighted by atomic mass is 9.94. The highest BCUT2D eigenvalue weighted by molar-refractivity contribution is 4.96. The number of likely N-dealkylation sites (tertiary alicyclic amines) is 1. The summed E-state index contributed by atoms with van der Waals surface area (Å²) >= 11 is 0. The lowest BCUT2D eigenvalue weighted by Gasteiger charge is -2.44. The SMILES string of the molecule is CC(C)N1CCC(N(C)C2CC3CCC(C2)N3)CC1. The zero-order valence-corrected chi connectivity index (χ0v) is 12.9. The quantitative estimate of drug-likeness (QED) is 0.843. The number of nitrogens with zero attached hydrogens (tertiary/aromatic N) is 2. The largest absolute Gasteiger partial charge is 0.311 e. The van der Waals surface area contributed by atoms with Crippen LogP contribution in [0.3, 0.4) is 0 Å². The van der Waals surface area contributed by atoms with Gasteiger partial charge in [-0.15, -0.1) is 0 Å².